The van der Waals surface area contributed by atoms with Crippen LogP contribution in [0.5, 0.6) is 0 Å². The van der Waals surface area contributed by atoms with Gasteiger partial charge in [-0.2, -0.15) is 0 Å². The van der Waals surface area contributed by atoms with Gasteiger partial charge in [-0.15, -0.1) is 0 Å². The lowest BCUT2D eigenvalue weighted by atomic mass is 9.98. The molecule has 0 aliphatic heterocycles. The fraction of sp³-hybridized carbons (Fsp3) is 0.154. The average molecular weight is 310 g/mol. The van der Waals surface area contributed by atoms with Gasteiger partial charge in [0.25, 0.3) is 0 Å². The Labute approximate surface area is 113 Å². The number of nitrogens with one attached hydrogen (secondary N) is 1. The van der Waals surface area contributed by atoms with Crippen LogP contribution in [-0.2, 0) is 0 Å². The first-order chi connectivity index (χ1) is 8.65. The van der Waals surface area contributed by atoms with Crippen molar-refractivity contribution in [2.45, 2.75) is 6.04 Å². The van der Waals surface area contributed by atoms with E-state index in [2.05, 4.69) is 26.2 Å². The first-order valence-electron chi connectivity index (χ1n) is 5.45. The molecular weight excluding hydrogens is 297 g/mol. The Kier molecular flexibility index (Phi) is 3.93. The van der Waals surface area contributed by atoms with Gasteiger partial charge in [-0.25, -0.2) is 4.39 Å². The minimum Gasteiger partial charge on any atom is -0.398 e. The van der Waals surface area contributed by atoms with Gasteiger partial charge < -0.3 is 11.1 Å². The molecule has 2 aromatic rings. The number of rotatable bonds is 3. The van der Waals surface area contributed by atoms with Crippen LogP contribution in [0.25, 0.3) is 0 Å². The van der Waals surface area contributed by atoms with Gasteiger partial charge in [0, 0.05) is 33.7 Å². The van der Waals surface area contributed by atoms with Crippen LogP contribution in [0.3, 0.4) is 0 Å². The van der Waals surface area contributed by atoms with Gasteiger partial charge in [-0.3, -0.25) is 4.98 Å². The summed E-state index contributed by atoms with van der Waals surface area (Å²) < 4.78 is 14.7. The van der Waals surface area contributed by atoms with E-state index in [9.17, 15) is 4.39 Å². The maximum Gasteiger partial charge on any atom is 0.129 e. The number of benzene rings is 1. The highest BCUT2D eigenvalue weighted by Gasteiger charge is 2.20. The molecule has 0 amide bonds. The molecule has 18 heavy (non-hydrogen) atoms. The SMILES string of the molecule is CNC(c1cnccc1N)c1c(F)cccc1Br. The number of nitrogens with zero attached hydrogens (tertiary/aromatic N) is 1. The van der Waals surface area contributed by atoms with E-state index in [-0.39, 0.29) is 11.9 Å². The third-order valence-electron chi connectivity index (χ3n) is 2.78. The van der Waals surface area contributed by atoms with Crippen molar-refractivity contribution in [1.82, 2.24) is 10.3 Å². The average Bonchev–Trinajstić information content (AvgIpc) is 2.35. The molecule has 94 valence electrons. The summed E-state index contributed by atoms with van der Waals surface area (Å²) in [6, 6.07) is 6.25. The van der Waals surface area contributed by atoms with Crippen LogP contribution in [0, 0.1) is 5.82 Å². The Morgan fingerprint density at radius 3 is 2.78 bits per heavy atom. The molecule has 0 saturated heterocycles. The molecule has 3 nitrogen and oxygen atoms in total. The Balaban J connectivity index is 2.56. The number of nitrogen functional groups attached to an aromatic ring is 1. The van der Waals surface area contributed by atoms with Gasteiger partial charge in [0.2, 0.25) is 0 Å². The van der Waals surface area contributed by atoms with E-state index >= 15 is 0 Å². The summed E-state index contributed by atoms with van der Waals surface area (Å²) in [6.07, 6.45) is 3.26. The van der Waals surface area contributed by atoms with Gasteiger partial charge in [0.05, 0.1) is 6.04 Å². The summed E-state index contributed by atoms with van der Waals surface area (Å²) in [6.45, 7) is 0. The second-order valence-corrected chi connectivity index (χ2v) is 4.72. The predicted octanol–water partition coefficient (Wildman–Crippen LogP) is 2.87. The maximum absolute atomic E-state index is 14.0. The maximum atomic E-state index is 14.0. The summed E-state index contributed by atoms with van der Waals surface area (Å²) in [5.74, 6) is -0.285. The zero-order valence-electron chi connectivity index (χ0n) is 9.82. The molecule has 0 radical (unpaired) electrons. The van der Waals surface area contributed by atoms with Crippen LogP contribution < -0.4 is 11.1 Å². The van der Waals surface area contributed by atoms with Crippen LogP contribution in [0.4, 0.5) is 10.1 Å². The van der Waals surface area contributed by atoms with Crippen molar-refractivity contribution in [3.05, 3.63) is 58.1 Å². The molecule has 2 rings (SSSR count). The zero-order valence-corrected chi connectivity index (χ0v) is 11.4. The molecule has 0 aliphatic rings. The predicted molar refractivity (Wildman–Crippen MR) is 73.7 cm³/mol. The monoisotopic (exact) mass is 309 g/mol. The number of anilines is 1. The lowest BCUT2D eigenvalue weighted by molar-refractivity contribution is 0.574. The Morgan fingerprint density at radius 2 is 2.17 bits per heavy atom. The van der Waals surface area contributed by atoms with Gasteiger partial charge in [0.1, 0.15) is 5.82 Å². The minimum absolute atomic E-state index is 0.285. The lowest BCUT2D eigenvalue weighted by Gasteiger charge is -2.20. The van der Waals surface area contributed by atoms with Crippen LogP contribution in [-0.4, -0.2) is 12.0 Å². The van der Waals surface area contributed by atoms with Crippen molar-refractivity contribution in [2.24, 2.45) is 0 Å². The van der Waals surface area contributed by atoms with Crippen molar-refractivity contribution >= 4 is 21.6 Å². The summed E-state index contributed by atoms with van der Waals surface area (Å²) in [4.78, 5) is 4.04. The molecule has 1 unspecified atom stereocenters. The van der Waals surface area contributed by atoms with Gasteiger partial charge in [-0.05, 0) is 25.2 Å². The highest BCUT2D eigenvalue weighted by molar-refractivity contribution is 9.10. The van der Waals surface area contributed by atoms with Crippen molar-refractivity contribution in [1.29, 1.82) is 0 Å². The number of aromatic nitrogens is 1. The minimum atomic E-state index is -0.339. The summed E-state index contributed by atoms with van der Waals surface area (Å²) >= 11 is 3.37. The Hall–Kier alpha value is -1.46. The fourth-order valence-corrected chi connectivity index (χ4v) is 2.47. The third kappa shape index (κ3) is 2.37. The summed E-state index contributed by atoms with van der Waals surface area (Å²) in [5, 5.41) is 3.07. The number of halogens is 2. The molecule has 0 spiro atoms. The lowest BCUT2D eigenvalue weighted by Crippen LogP contribution is -2.21. The third-order valence-corrected chi connectivity index (χ3v) is 3.47. The molecule has 1 aromatic carbocycles. The van der Waals surface area contributed by atoms with Crippen molar-refractivity contribution in [2.75, 3.05) is 12.8 Å². The number of hydrogen-bond acceptors (Lipinski definition) is 3. The van der Waals surface area contributed by atoms with E-state index in [1.807, 2.05) is 0 Å². The Morgan fingerprint density at radius 1 is 1.39 bits per heavy atom. The van der Waals surface area contributed by atoms with Crippen LogP contribution >= 0.6 is 15.9 Å². The van der Waals surface area contributed by atoms with Gasteiger partial charge >= 0.3 is 0 Å². The van der Waals surface area contributed by atoms with Crippen molar-refractivity contribution in [3.8, 4) is 0 Å². The number of nitrogens with two attached hydrogens (primary N) is 1. The highest BCUT2D eigenvalue weighted by atomic mass is 79.9. The molecule has 5 heteroatoms. The number of hydrogen-bond donors (Lipinski definition) is 2. The second-order valence-electron chi connectivity index (χ2n) is 3.86. The molecule has 0 fully saturated rings. The van der Waals surface area contributed by atoms with E-state index in [0.29, 0.717) is 15.7 Å². The summed E-state index contributed by atoms with van der Waals surface area (Å²) in [5.41, 5.74) is 7.78. The molecular formula is C13H13BrFN3. The molecule has 1 aromatic heterocycles. The molecule has 0 bridgehead atoms. The topological polar surface area (TPSA) is 50.9 Å². The molecule has 1 atom stereocenters. The quantitative estimate of drug-likeness (QED) is 0.916. The van der Waals surface area contributed by atoms with Crippen LogP contribution in [0.15, 0.2) is 41.1 Å². The first kappa shape index (κ1) is 13.0. The second kappa shape index (κ2) is 5.46. The number of pyridine rings is 1. The Bertz CT molecular complexity index is 539. The van der Waals surface area contributed by atoms with Crippen LogP contribution in [0.1, 0.15) is 17.2 Å². The summed E-state index contributed by atoms with van der Waals surface area (Å²) in [7, 11) is 1.76. The van der Waals surface area contributed by atoms with E-state index < -0.39 is 0 Å². The molecule has 1 heterocycles. The van der Waals surface area contributed by atoms with Crippen molar-refractivity contribution < 1.29 is 4.39 Å². The van der Waals surface area contributed by atoms with Crippen LogP contribution in [0.2, 0.25) is 0 Å². The first-order valence-corrected chi connectivity index (χ1v) is 6.25. The van der Waals surface area contributed by atoms with Gasteiger partial charge in [0.15, 0.2) is 0 Å². The fourth-order valence-electron chi connectivity index (χ4n) is 1.90. The van der Waals surface area contributed by atoms with Crippen molar-refractivity contribution in [3.63, 3.8) is 0 Å². The molecule has 3 N–H and O–H groups in total. The van der Waals surface area contributed by atoms with Gasteiger partial charge in [-0.1, -0.05) is 22.0 Å². The molecule has 0 aliphatic carbocycles. The highest BCUT2D eigenvalue weighted by Crippen LogP contribution is 2.32. The van der Waals surface area contributed by atoms with E-state index in [4.69, 9.17) is 5.73 Å². The standard InChI is InChI=1S/C13H13BrFN3/c1-17-13(8-7-18-6-5-11(8)16)12-9(14)3-2-4-10(12)15/h2-7,13,17H,1H3,(H2,16,18). The van der Waals surface area contributed by atoms with E-state index in [1.165, 1.54) is 6.07 Å². The van der Waals surface area contributed by atoms with E-state index in [0.717, 1.165) is 5.56 Å². The molecule has 0 saturated carbocycles. The smallest absolute Gasteiger partial charge is 0.129 e. The zero-order chi connectivity index (χ0) is 13.1. The van der Waals surface area contributed by atoms with E-state index in [1.54, 1.807) is 37.6 Å². The normalized spacial score (nSPS) is 12.4. The largest absolute Gasteiger partial charge is 0.398 e.